The molecular weight excluding hydrogens is 1310 g/mol. The molecule has 5 aliphatic heterocycles. The number of carbonyl (C=O) groups is 4. The summed E-state index contributed by atoms with van der Waals surface area (Å²) in [7, 11) is 7.34. The van der Waals surface area contributed by atoms with Crippen LogP contribution >= 0.6 is 22.6 Å². The van der Waals surface area contributed by atoms with Crippen LogP contribution in [0.15, 0.2) is 122 Å². The number of halogens is 1. The second-order valence-electron chi connectivity index (χ2n) is 26.3. The first-order chi connectivity index (χ1) is 45.1. The third-order valence-corrected chi connectivity index (χ3v) is 20.2. The van der Waals surface area contributed by atoms with Crippen molar-refractivity contribution in [1.82, 2.24) is 77.8 Å². The quantitative estimate of drug-likeness (QED) is 0.0565. The standard InChI is InChI=1S/C32H34N8O2.C20H23IN4O2.C18H23BN4O2.CH4/c1-4-29(42)39-12-13-40-27(19-39)31(34-32(40)24-17-38(18-24)20-28(41)21-8-6-5-7-9-21)22-10-11-26-25(14-22)30(35-37(26)3)23-15-33-36(2)16-23;1-2-18(27)24-8-9-25-16(12-24)19(21)22-20(25)15-10-23(11-15)13-17(26)14-6-4-3-5-7-14;1-17(2)18(3,4)25-19(24-17)13-7-8-15-14(9-13)16(21-23(15)6)12-10-20-22(5)11-12;/h5-11,14-16,24H,4,12-13,17-20H2,1-3H3;3-7,15H,2,8-13H2,1H3;7-11H,1-6H3;1H4. The molecule has 4 aromatic carbocycles. The Morgan fingerprint density at radius 1 is 0.558 bits per heavy atom. The second kappa shape index (κ2) is 27.0. The fraction of sp³-hybridized carbons (Fsp3) is 0.408. The highest BCUT2D eigenvalue weighted by atomic mass is 127. The van der Waals surface area contributed by atoms with Gasteiger partial charge < -0.3 is 28.2 Å². The molecule has 0 radical (unpaired) electrons. The lowest BCUT2D eigenvalue weighted by atomic mass is 9.78. The van der Waals surface area contributed by atoms with Gasteiger partial charge in [0.1, 0.15) is 26.7 Å². The van der Waals surface area contributed by atoms with Crippen LogP contribution in [0.25, 0.3) is 55.6 Å². The van der Waals surface area contributed by atoms with E-state index in [-0.39, 0.29) is 55.0 Å². The van der Waals surface area contributed by atoms with Gasteiger partial charge in [0.05, 0.1) is 77.9 Å². The summed E-state index contributed by atoms with van der Waals surface area (Å²) in [6.07, 6.45) is 8.66. The molecule has 11 heterocycles. The molecule has 95 heavy (non-hydrogen) atoms. The highest BCUT2D eigenvalue weighted by Gasteiger charge is 2.52. The van der Waals surface area contributed by atoms with E-state index >= 15 is 0 Å². The normalized spacial score (nSPS) is 16.9. The van der Waals surface area contributed by atoms with Crippen LogP contribution in [0.5, 0.6) is 0 Å². The van der Waals surface area contributed by atoms with Crippen LogP contribution in [-0.2, 0) is 73.3 Å². The van der Waals surface area contributed by atoms with E-state index in [1.54, 1.807) is 9.36 Å². The number of ketones is 2. The monoisotopic (exact) mass is 1390 g/mol. The van der Waals surface area contributed by atoms with E-state index in [1.807, 2.05) is 147 Å². The summed E-state index contributed by atoms with van der Waals surface area (Å²) in [5.74, 6) is 3.43. The van der Waals surface area contributed by atoms with Crippen LogP contribution in [0.3, 0.4) is 0 Å². The largest absolute Gasteiger partial charge is 0.494 e. The SMILES string of the molecule is C.CCC(=O)N1CCn2c(C3CN(CC(=O)c4ccccc4)C3)nc(-c3ccc4c(c3)c(-c3cnn(C)c3)nn4C)c2C1.CCC(=O)N1CCn2c(C3CN(CC(=O)c4ccccc4)C3)nc(I)c2C1.Cn1cc(-c2nn(C)c3ccc(B4OC(C)(C)C(C)(C)O4)cc23)cn1. The number of imidazole rings is 2. The molecule has 0 atom stereocenters. The lowest BCUT2D eigenvalue weighted by Crippen LogP contribution is -2.48. The summed E-state index contributed by atoms with van der Waals surface area (Å²) in [6, 6.07) is 31.6. The minimum atomic E-state index is -0.378. The van der Waals surface area contributed by atoms with E-state index < -0.39 is 0 Å². The molecule has 5 aliphatic rings. The van der Waals surface area contributed by atoms with Crippen molar-refractivity contribution >= 4 is 80.4 Å². The van der Waals surface area contributed by atoms with Crippen molar-refractivity contribution in [3.05, 3.63) is 160 Å². The molecule has 22 nitrogen and oxygen atoms in total. The van der Waals surface area contributed by atoms with E-state index in [9.17, 15) is 19.2 Å². The first kappa shape index (κ1) is 66.6. The minimum absolute atomic E-state index is 0. The number of Topliss-reactive ketones (excluding diaryl/α,β-unsaturated/α-hetero) is 2. The van der Waals surface area contributed by atoms with Gasteiger partial charge in [0.25, 0.3) is 0 Å². The fourth-order valence-electron chi connectivity index (χ4n) is 13.4. The van der Waals surface area contributed by atoms with Crippen LogP contribution < -0.4 is 5.46 Å². The van der Waals surface area contributed by atoms with E-state index in [4.69, 9.17) is 24.4 Å². The maximum atomic E-state index is 12.8. The van der Waals surface area contributed by atoms with E-state index in [0.29, 0.717) is 51.5 Å². The molecule has 0 spiro atoms. The number of nitrogens with zero attached hydrogens (tertiary/aromatic N) is 16. The molecule has 0 N–H and O–H groups in total. The number of hydrogen-bond donors (Lipinski definition) is 0. The van der Waals surface area contributed by atoms with E-state index in [2.05, 4.69) is 121 Å². The number of aryl methyl sites for hydroxylation is 4. The molecule has 15 rings (SSSR count). The van der Waals surface area contributed by atoms with Gasteiger partial charge in [-0.25, -0.2) is 9.97 Å². The summed E-state index contributed by atoms with van der Waals surface area (Å²) < 4.78 is 25.4. The molecule has 0 unspecified atom stereocenters. The smallest absolute Gasteiger partial charge is 0.399 e. The molecule has 0 aliphatic carbocycles. The zero-order chi connectivity index (χ0) is 65.9. The highest BCUT2D eigenvalue weighted by Crippen LogP contribution is 2.40. The molecule has 3 saturated heterocycles. The minimum Gasteiger partial charge on any atom is -0.399 e. The van der Waals surface area contributed by atoms with Gasteiger partial charge in [0, 0.05) is 156 Å². The van der Waals surface area contributed by atoms with Crippen LogP contribution in [0.2, 0.25) is 0 Å². The van der Waals surface area contributed by atoms with Crippen molar-refractivity contribution in [2.24, 2.45) is 28.2 Å². The third-order valence-electron chi connectivity index (χ3n) is 19.4. The average molecular weight is 1400 g/mol. The van der Waals surface area contributed by atoms with Gasteiger partial charge in [-0.3, -0.25) is 47.7 Å². The van der Waals surface area contributed by atoms with Gasteiger partial charge in [-0.1, -0.05) is 100 Å². The maximum absolute atomic E-state index is 12.8. The zero-order valence-electron chi connectivity index (χ0n) is 55.2. The number of fused-ring (bicyclic) bond motifs is 4. The van der Waals surface area contributed by atoms with Gasteiger partial charge in [-0.05, 0) is 73.9 Å². The molecule has 6 aromatic heterocycles. The summed E-state index contributed by atoms with van der Waals surface area (Å²) in [5.41, 5.74) is 11.8. The Hall–Kier alpha value is -8.43. The summed E-state index contributed by atoms with van der Waals surface area (Å²) >= 11 is 2.28. The van der Waals surface area contributed by atoms with Gasteiger partial charge in [-0.2, -0.15) is 20.4 Å². The maximum Gasteiger partial charge on any atom is 0.494 e. The third kappa shape index (κ3) is 13.2. The Balaban J connectivity index is 0.000000142. The van der Waals surface area contributed by atoms with Crippen LogP contribution in [-0.4, -0.2) is 172 Å². The topological polar surface area (TPSA) is 207 Å². The lowest BCUT2D eigenvalue weighted by molar-refractivity contribution is -0.133. The van der Waals surface area contributed by atoms with Crippen molar-refractivity contribution in [1.29, 1.82) is 0 Å². The molecule has 10 aromatic rings. The lowest BCUT2D eigenvalue weighted by Gasteiger charge is -2.39. The first-order valence-corrected chi connectivity index (χ1v) is 33.5. The summed E-state index contributed by atoms with van der Waals surface area (Å²) in [5, 5.41) is 20.2. The molecule has 24 heteroatoms. The number of hydrogen-bond acceptors (Lipinski definition) is 14. The molecule has 3 fully saturated rings. The Morgan fingerprint density at radius 3 is 1.48 bits per heavy atom. The number of likely N-dealkylation sites (tertiary alicyclic amines) is 2. The molecular formula is C71H84BIN16O6. The molecule has 0 saturated carbocycles. The Morgan fingerprint density at radius 2 is 1.01 bits per heavy atom. The average Bonchev–Trinajstić information content (AvgIpc) is 1.62. The Bertz CT molecular complexity index is 4480. The summed E-state index contributed by atoms with van der Waals surface area (Å²) in [4.78, 5) is 68.2. The number of carbonyl (C=O) groups excluding carboxylic acids is 4. The second-order valence-corrected chi connectivity index (χ2v) is 27.3. The van der Waals surface area contributed by atoms with Crippen molar-refractivity contribution < 1.29 is 28.5 Å². The van der Waals surface area contributed by atoms with Gasteiger partial charge in [-0.15, -0.1) is 0 Å². The van der Waals surface area contributed by atoms with E-state index in [0.717, 1.165) is 145 Å². The van der Waals surface area contributed by atoms with Crippen molar-refractivity contribution in [3.63, 3.8) is 0 Å². The molecule has 0 bridgehead atoms. The predicted octanol–water partition coefficient (Wildman–Crippen LogP) is 9.30. The number of amides is 2. The van der Waals surface area contributed by atoms with Gasteiger partial charge in [0.15, 0.2) is 11.6 Å². The number of rotatable bonds is 14. The van der Waals surface area contributed by atoms with Gasteiger partial charge >= 0.3 is 7.12 Å². The predicted molar refractivity (Wildman–Crippen MR) is 376 cm³/mol. The van der Waals surface area contributed by atoms with Crippen molar-refractivity contribution in [2.45, 2.75) is 111 Å². The van der Waals surface area contributed by atoms with Crippen LogP contribution in [0.1, 0.15) is 117 Å². The fourth-order valence-corrected chi connectivity index (χ4v) is 14.1. The number of aromatic nitrogens is 12. The summed E-state index contributed by atoms with van der Waals surface area (Å²) in [6.45, 7) is 20.4. The molecule has 2 amide bonds. The first-order valence-electron chi connectivity index (χ1n) is 32.4. The highest BCUT2D eigenvalue weighted by molar-refractivity contribution is 14.1. The Kier molecular flexibility index (Phi) is 18.9. The Labute approximate surface area is 568 Å². The zero-order valence-corrected chi connectivity index (χ0v) is 57.3. The molecule has 494 valence electrons. The van der Waals surface area contributed by atoms with Crippen LogP contribution in [0, 0.1) is 3.70 Å². The van der Waals surface area contributed by atoms with E-state index in [1.165, 1.54) is 0 Å². The number of benzene rings is 4. The van der Waals surface area contributed by atoms with Crippen molar-refractivity contribution in [3.8, 4) is 33.8 Å². The van der Waals surface area contributed by atoms with Gasteiger partial charge in [0.2, 0.25) is 11.8 Å². The van der Waals surface area contributed by atoms with Crippen molar-refractivity contribution in [2.75, 3.05) is 52.4 Å². The van der Waals surface area contributed by atoms with Crippen LogP contribution in [0.4, 0.5) is 0 Å².